The quantitative estimate of drug-likeness (QED) is 0.199. The Labute approximate surface area is 206 Å². The number of carbonyl (C=O) groups is 1. The second kappa shape index (κ2) is 12.6. The number of hydrogen-bond donors (Lipinski definition) is 1. The monoisotopic (exact) mass is 684 g/mol. The van der Waals surface area contributed by atoms with Gasteiger partial charge in [-0.25, -0.2) is 0 Å². The molecule has 2 radical (unpaired) electrons. The topological polar surface area (TPSA) is 29.1 Å². The van der Waals surface area contributed by atoms with Crippen molar-refractivity contribution < 1.29 is 27.2 Å². The van der Waals surface area contributed by atoms with Crippen LogP contribution in [0.25, 0.3) is 0 Å². The van der Waals surface area contributed by atoms with Crippen molar-refractivity contribution in [3.8, 4) is 0 Å². The van der Waals surface area contributed by atoms with Gasteiger partial charge in [-0.3, -0.25) is 0 Å². The van der Waals surface area contributed by atoms with Crippen LogP contribution in [0.3, 0.4) is 0 Å². The zero-order valence-corrected chi connectivity index (χ0v) is 21.7. The van der Waals surface area contributed by atoms with Crippen LogP contribution >= 0.6 is 31.9 Å². The summed E-state index contributed by atoms with van der Waals surface area (Å²) in [5, 5.41) is 6.79. The summed E-state index contributed by atoms with van der Waals surface area (Å²) in [4.78, 5) is 13.0. The smallest absolute Gasteiger partial charge is 0.0620 e. The summed E-state index contributed by atoms with van der Waals surface area (Å²) >= 11 is 8.62. The summed E-state index contributed by atoms with van der Waals surface area (Å²) < 4.78 is 0.529. The normalized spacial score (nSPS) is 14.0. The van der Waals surface area contributed by atoms with E-state index in [4.69, 9.17) is 12.2 Å². The molecule has 2 nitrogen and oxygen atoms in total. The summed E-state index contributed by atoms with van der Waals surface area (Å²) in [5.41, 5.74) is 0. The van der Waals surface area contributed by atoms with Crippen LogP contribution in [0.5, 0.6) is 0 Å². The van der Waals surface area contributed by atoms with Gasteiger partial charge in [0.05, 0.1) is 7.92 Å². The Bertz CT molecular complexity index is 878. The maximum atomic E-state index is 10.7. The fourth-order valence-electron chi connectivity index (χ4n) is 2.72. The second-order valence-electron chi connectivity index (χ2n) is 5.80. The minimum Gasteiger partial charge on any atom is -0.0620 e. The van der Waals surface area contributed by atoms with Gasteiger partial charge in [0.15, 0.2) is 0 Å². The molecule has 1 heterocycles. The van der Waals surface area contributed by atoms with Crippen molar-refractivity contribution in [3.63, 3.8) is 0 Å². The number of carbonyl (C=O) groups excluding carboxylic acids is 1. The van der Waals surface area contributed by atoms with Crippen molar-refractivity contribution >= 4 is 74.1 Å². The van der Waals surface area contributed by atoms with Gasteiger partial charge in [-0.2, -0.15) is 0 Å². The molecule has 3 aromatic carbocycles. The Morgan fingerprint density at radius 3 is 1.41 bits per heavy atom. The van der Waals surface area contributed by atoms with Crippen LogP contribution in [0.4, 0.5) is 0 Å². The first kappa shape index (κ1) is 24.3. The third-order valence-corrected chi connectivity index (χ3v) is 8.66. The molecule has 7 heteroatoms. The Balaban J connectivity index is 0.000000255. The second-order valence-corrected chi connectivity index (χ2v) is 10.5. The minimum atomic E-state index is -0.877. The van der Waals surface area contributed by atoms with Crippen LogP contribution in [0.2, 0.25) is 0 Å². The van der Waals surface area contributed by atoms with Gasteiger partial charge in [0.25, 0.3) is 0 Å². The van der Waals surface area contributed by atoms with E-state index in [1.807, 2.05) is 0 Å². The Morgan fingerprint density at radius 1 is 0.793 bits per heavy atom. The molecule has 150 valence electrons. The first-order valence-electron chi connectivity index (χ1n) is 8.57. The molecular formula is C22H18AuNOPS2Se+. The molecule has 0 aliphatic carbocycles. The molecule has 0 atom stereocenters. The van der Waals surface area contributed by atoms with Crippen molar-refractivity contribution in [2.75, 3.05) is 0 Å². The zero-order valence-electron chi connectivity index (χ0n) is 15.2. The summed E-state index contributed by atoms with van der Waals surface area (Å²) in [7, 11) is -0.877. The standard InChI is InChI=1S/C18H15P.C4H2NOS2Se.Au/c1-4-10-16(11-5-1)19(17-12-6-2-7-13-17)18-14-8-3-9-15-18;6-3-2(1-9)8-4(7)5-3;/h1-15H;1H,(H,5,6,7);/p+1/b;2-1-;. The Morgan fingerprint density at radius 2 is 1.17 bits per heavy atom. The number of hydrogen-bond acceptors (Lipinski definition) is 3. The van der Waals surface area contributed by atoms with Gasteiger partial charge >= 0.3 is 70.2 Å². The number of amides is 1. The predicted octanol–water partition coefficient (Wildman–Crippen LogP) is 3.32. The van der Waals surface area contributed by atoms with E-state index < -0.39 is 7.92 Å². The number of rotatable bonds is 3. The van der Waals surface area contributed by atoms with Crippen molar-refractivity contribution in [1.29, 1.82) is 0 Å². The van der Waals surface area contributed by atoms with E-state index in [9.17, 15) is 4.79 Å². The molecule has 1 saturated heterocycles. The molecule has 0 saturated carbocycles. The van der Waals surface area contributed by atoms with E-state index >= 15 is 0 Å². The summed E-state index contributed by atoms with van der Waals surface area (Å²) in [6.45, 7) is 0. The van der Waals surface area contributed by atoms with Crippen LogP contribution in [-0.2, 0) is 27.2 Å². The van der Waals surface area contributed by atoms with Crippen molar-refractivity contribution in [2.45, 2.75) is 0 Å². The number of thiocarbonyl (C=S) groups is 1. The fraction of sp³-hybridized carbons (Fsp3) is 0. The molecule has 1 fully saturated rings. The number of benzene rings is 3. The molecule has 29 heavy (non-hydrogen) atoms. The van der Waals surface area contributed by atoms with E-state index in [0.717, 1.165) is 0 Å². The third kappa shape index (κ3) is 7.03. The van der Waals surface area contributed by atoms with E-state index in [2.05, 4.69) is 112 Å². The maximum absolute atomic E-state index is 10.7. The molecule has 1 aliphatic heterocycles. The van der Waals surface area contributed by atoms with Crippen LogP contribution in [0.1, 0.15) is 0 Å². The van der Waals surface area contributed by atoms with Gasteiger partial charge in [0, 0.05) is 22.4 Å². The molecular weight excluding hydrogens is 665 g/mol. The van der Waals surface area contributed by atoms with E-state index in [-0.39, 0.29) is 28.3 Å². The van der Waals surface area contributed by atoms with Crippen molar-refractivity contribution in [2.24, 2.45) is 0 Å². The van der Waals surface area contributed by atoms with E-state index in [0.29, 0.717) is 9.23 Å². The predicted molar refractivity (Wildman–Crippen MR) is 129 cm³/mol. The fourth-order valence-corrected chi connectivity index (χ4v) is 6.72. The third-order valence-electron chi connectivity index (χ3n) is 3.94. The molecule has 0 spiro atoms. The van der Waals surface area contributed by atoms with Gasteiger partial charge in [-0.15, -0.1) is 0 Å². The average Bonchev–Trinajstić information content (AvgIpc) is 3.08. The molecule has 0 aromatic heterocycles. The number of nitrogens with one attached hydrogen (secondary N) is 1. The van der Waals surface area contributed by atoms with E-state index in [1.165, 1.54) is 27.7 Å². The Kier molecular flexibility index (Phi) is 10.6. The summed E-state index contributed by atoms with van der Waals surface area (Å²) in [6.07, 6.45) is 0. The molecule has 0 unspecified atom stereocenters. The summed E-state index contributed by atoms with van der Waals surface area (Å²) in [5.74, 6) is -0.108. The first-order valence-corrected chi connectivity index (χ1v) is 12.3. The SMILES string of the molecule is O=C1NC(=S)S/C1=C\[Se].[Au].c1ccc([PH+](c2ccccc2)c2ccccc2)cc1. The van der Waals surface area contributed by atoms with Crippen molar-refractivity contribution in [1.82, 2.24) is 5.32 Å². The largest absolute Gasteiger partial charge is 0.102 e. The molecule has 1 N–H and O–H groups in total. The summed E-state index contributed by atoms with van der Waals surface area (Å²) in [6, 6.07) is 32.5. The van der Waals surface area contributed by atoms with Gasteiger partial charge in [0.2, 0.25) is 0 Å². The molecule has 4 rings (SSSR count). The van der Waals surface area contributed by atoms with Crippen LogP contribution in [0.15, 0.2) is 101 Å². The van der Waals surface area contributed by atoms with Gasteiger partial charge in [-0.1, -0.05) is 54.6 Å². The number of thioether (sulfide) groups is 1. The van der Waals surface area contributed by atoms with Gasteiger partial charge in [0.1, 0.15) is 15.9 Å². The Hall–Kier alpha value is -1.00. The molecule has 3 aromatic rings. The van der Waals surface area contributed by atoms with Gasteiger partial charge < -0.3 is 0 Å². The van der Waals surface area contributed by atoms with Crippen LogP contribution < -0.4 is 21.2 Å². The zero-order chi connectivity index (χ0) is 19.8. The first-order chi connectivity index (χ1) is 13.7. The molecule has 1 amide bonds. The van der Waals surface area contributed by atoms with Gasteiger partial charge in [-0.05, 0) is 36.4 Å². The maximum Gasteiger partial charge on any atom is 0.102 e. The van der Waals surface area contributed by atoms with Crippen LogP contribution in [-0.4, -0.2) is 26.2 Å². The molecule has 0 bridgehead atoms. The average molecular weight is 683 g/mol. The minimum absolute atomic E-state index is 0. The van der Waals surface area contributed by atoms with Crippen LogP contribution in [0, 0.1) is 0 Å². The van der Waals surface area contributed by atoms with Crippen molar-refractivity contribution in [3.05, 3.63) is 101 Å². The molecule has 1 aliphatic rings. The van der Waals surface area contributed by atoms with E-state index in [1.54, 1.807) is 4.97 Å².